The largest absolute Gasteiger partial charge is 0.477 e. The van der Waals surface area contributed by atoms with Gasteiger partial charge in [-0.25, -0.2) is 4.79 Å². The molecule has 0 radical (unpaired) electrons. The lowest BCUT2D eigenvalue weighted by atomic mass is 10.0. The highest BCUT2D eigenvalue weighted by atomic mass is 35.5. The molecule has 0 spiro atoms. The number of anilines is 1. The van der Waals surface area contributed by atoms with Gasteiger partial charge in [-0.1, -0.05) is 23.7 Å². The number of aryl methyl sites for hydroxylation is 1. The number of halogens is 1. The van der Waals surface area contributed by atoms with Crippen molar-refractivity contribution in [2.24, 2.45) is 0 Å². The van der Waals surface area contributed by atoms with Crippen LogP contribution in [0.15, 0.2) is 36.4 Å². The van der Waals surface area contributed by atoms with E-state index in [0.717, 1.165) is 11.6 Å². The van der Waals surface area contributed by atoms with Crippen LogP contribution in [0, 0.1) is 17.0 Å². The Bertz CT molecular complexity index is 820. The first-order chi connectivity index (χ1) is 10.8. The SMILES string of the molecule is Cc1ccc(Cl)c(NC(=O)c2cccc([N+](=O)[O-])c2C(=O)O)c1. The van der Waals surface area contributed by atoms with E-state index in [0.29, 0.717) is 5.69 Å². The molecule has 0 aromatic heterocycles. The van der Waals surface area contributed by atoms with Crippen molar-refractivity contribution < 1.29 is 19.6 Å². The molecule has 2 aromatic carbocycles. The van der Waals surface area contributed by atoms with E-state index in [2.05, 4.69) is 5.32 Å². The summed E-state index contributed by atoms with van der Waals surface area (Å²) in [7, 11) is 0. The molecule has 2 N–H and O–H groups in total. The van der Waals surface area contributed by atoms with Crippen LogP contribution in [-0.4, -0.2) is 21.9 Å². The van der Waals surface area contributed by atoms with Crippen LogP contribution in [0.5, 0.6) is 0 Å². The van der Waals surface area contributed by atoms with Gasteiger partial charge in [-0.3, -0.25) is 14.9 Å². The van der Waals surface area contributed by atoms with Gasteiger partial charge in [0.25, 0.3) is 11.6 Å². The Morgan fingerprint density at radius 2 is 1.96 bits per heavy atom. The van der Waals surface area contributed by atoms with Crippen molar-refractivity contribution in [2.45, 2.75) is 6.92 Å². The molecule has 7 nitrogen and oxygen atoms in total. The minimum atomic E-state index is -1.56. The molecule has 0 aliphatic heterocycles. The van der Waals surface area contributed by atoms with Crippen molar-refractivity contribution in [3.63, 3.8) is 0 Å². The molecule has 2 aromatic rings. The van der Waals surface area contributed by atoms with Crippen molar-refractivity contribution in [1.82, 2.24) is 0 Å². The van der Waals surface area contributed by atoms with Crippen LogP contribution in [0.4, 0.5) is 11.4 Å². The molecule has 23 heavy (non-hydrogen) atoms. The number of carbonyl (C=O) groups excluding carboxylic acids is 1. The van der Waals surface area contributed by atoms with Crippen LogP contribution in [0.2, 0.25) is 5.02 Å². The highest BCUT2D eigenvalue weighted by Gasteiger charge is 2.27. The number of nitro benzene ring substituents is 1. The standard InChI is InChI=1S/C15H11ClN2O5/c1-8-5-6-10(16)11(7-8)17-14(19)9-3-2-4-12(18(22)23)13(9)15(20)21/h2-7H,1H3,(H,17,19)(H,20,21). The first-order valence-corrected chi connectivity index (χ1v) is 6.77. The van der Waals surface area contributed by atoms with Crippen molar-refractivity contribution in [3.8, 4) is 0 Å². The first-order valence-electron chi connectivity index (χ1n) is 6.39. The van der Waals surface area contributed by atoms with Gasteiger partial charge in [0.05, 0.1) is 21.2 Å². The first kappa shape index (κ1) is 16.4. The van der Waals surface area contributed by atoms with E-state index < -0.39 is 28.1 Å². The number of nitrogens with one attached hydrogen (secondary N) is 1. The Kier molecular flexibility index (Phi) is 4.61. The van der Waals surface area contributed by atoms with E-state index in [1.165, 1.54) is 12.1 Å². The molecular formula is C15H11ClN2O5. The predicted molar refractivity (Wildman–Crippen MR) is 84.2 cm³/mol. The summed E-state index contributed by atoms with van der Waals surface area (Å²) in [4.78, 5) is 33.7. The molecule has 0 bridgehead atoms. The smallest absolute Gasteiger partial charge is 0.343 e. The maximum Gasteiger partial charge on any atom is 0.343 e. The van der Waals surface area contributed by atoms with Gasteiger partial charge in [0.1, 0.15) is 5.56 Å². The molecule has 0 saturated heterocycles. The summed E-state index contributed by atoms with van der Waals surface area (Å²) in [6, 6.07) is 8.41. The van der Waals surface area contributed by atoms with Gasteiger partial charge < -0.3 is 10.4 Å². The van der Waals surface area contributed by atoms with Crippen molar-refractivity contribution in [3.05, 3.63) is 68.2 Å². The van der Waals surface area contributed by atoms with Crippen molar-refractivity contribution >= 4 is 34.9 Å². The van der Waals surface area contributed by atoms with Gasteiger partial charge in [-0.15, -0.1) is 0 Å². The van der Waals surface area contributed by atoms with Crippen LogP contribution in [0.25, 0.3) is 0 Å². The number of hydrogen-bond donors (Lipinski definition) is 2. The number of carboxylic acid groups (broad SMARTS) is 1. The fourth-order valence-electron chi connectivity index (χ4n) is 2.03. The number of hydrogen-bond acceptors (Lipinski definition) is 4. The topological polar surface area (TPSA) is 110 Å². The Morgan fingerprint density at radius 3 is 2.57 bits per heavy atom. The number of carbonyl (C=O) groups is 2. The highest BCUT2D eigenvalue weighted by molar-refractivity contribution is 6.34. The summed E-state index contributed by atoms with van der Waals surface area (Å²) in [6.07, 6.45) is 0. The summed E-state index contributed by atoms with van der Waals surface area (Å²) in [5.74, 6) is -2.35. The van der Waals surface area contributed by atoms with Crippen LogP contribution < -0.4 is 5.32 Å². The highest BCUT2D eigenvalue weighted by Crippen LogP contribution is 2.26. The quantitative estimate of drug-likeness (QED) is 0.656. The van der Waals surface area contributed by atoms with E-state index in [9.17, 15) is 24.8 Å². The number of aromatic carboxylic acids is 1. The Labute approximate surface area is 135 Å². The molecule has 2 rings (SSSR count). The van der Waals surface area contributed by atoms with E-state index >= 15 is 0 Å². The monoisotopic (exact) mass is 334 g/mol. The molecule has 0 unspecified atom stereocenters. The molecule has 118 valence electrons. The van der Waals surface area contributed by atoms with Gasteiger partial charge in [-0.2, -0.15) is 0 Å². The Balaban J connectivity index is 2.47. The Morgan fingerprint density at radius 1 is 1.26 bits per heavy atom. The second-order valence-electron chi connectivity index (χ2n) is 4.70. The van der Waals surface area contributed by atoms with E-state index in [4.69, 9.17) is 11.6 Å². The molecule has 0 fully saturated rings. The second-order valence-corrected chi connectivity index (χ2v) is 5.11. The lowest BCUT2D eigenvalue weighted by Crippen LogP contribution is -2.18. The molecular weight excluding hydrogens is 324 g/mol. The maximum absolute atomic E-state index is 12.3. The van der Waals surface area contributed by atoms with Crippen LogP contribution in [-0.2, 0) is 0 Å². The van der Waals surface area contributed by atoms with E-state index in [-0.39, 0.29) is 10.6 Å². The Hall–Kier alpha value is -2.93. The molecule has 0 atom stereocenters. The number of amides is 1. The van der Waals surface area contributed by atoms with Gasteiger partial charge in [-0.05, 0) is 30.7 Å². The fourth-order valence-corrected chi connectivity index (χ4v) is 2.20. The zero-order chi connectivity index (χ0) is 17.1. The third-order valence-electron chi connectivity index (χ3n) is 3.07. The number of benzene rings is 2. The second kappa shape index (κ2) is 6.45. The normalized spacial score (nSPS) is 10.2. The molecule has 8 heteroatoms. The zero-order valence-electron chi connectivity index (χ0n) is 11.9. The van der Waals surface area contributed by atoms with Crippen LogP contribution >= 0.6 is 11.6 Å². The summed E-state index contributed by atoms with van der Waals surface area (Å²) < 4.78 is 0. The van der Waals surface area contributed by atoms with Gasteiger partial charge in [0.2, 0.25) is 0 Å². The summed E-state index contributed by atoms with van der Waals surface area (Å²) in [6.45, 7) is 1.79. The lowest BCUT2D eigenvalue weighted by molar-refractivity contribution is -0.385. The van der Waals surface area contributed by atoms with E-state index in [1.807, 2.05) is 0 Å². The number of carboxylic acids is 1. The van der Waals surface area contributed by atoms with Crippen LogP contribution in [0.3, 0.4) is 0 Å². The molecule has 0 aliphatic carbocycles. The van der Waals surface area contributed by atoms with Gasteiger partial charge in [0, 0.05) is 6.07 Å². The molecule has 0 aliphatic rings. The zero-order valence-corrected chi connectivity index (χ0v) is 12.6. The minimum Gasteiger partial charge on any atom is -0.477 e. The predicted octanol–water partition coefficient (Wildman–Crippen LogP) is 3.51. The van der Waals surface area contributed by atoms with Gasteiger partial charge >= 0.3 is 5.97 Å². The average molecular weight is 335 g/mol. The molecule has 0 heterocycles. The fraction of sp³-hybridized carbons (Fsp3) is 0.0667. The maximum atomic E-state index is 12.3. The molecule has 0 saturated carbocycles. The van der Waals surface area contributed by atoms with Crippen LogP contribution in [0.1, 0.15) is 26.3 Å². The molecule has 1 amide bonds. The summed E-state index contributed by atoms with van der Waals surface area (Å²) >= 11 is 5.97. The van der Waals surface area contributed by atoms with Gasteiger partial charge in [0.15, 0.2) is 0 Å². The number of rotatable bonds is 4. The number of nitro groups is 1. The summed E-state index contributed by atoms with van der Waals surface area (Å²) in [5.41, 5.74) is -0.509. The minimum absolute atomic E-state index is 0.270. The van der Waals surface area contributed by atoms with E-state index in [1.54, 1.807) is 25.1 Å². The third-order valence-corrected chi connectivity index (χ3v) is 3.40. The number of nitrogens with zero attached hydrogens (tertiary/aromatic N) is 1. The third kappa shape index (κ3) is 3.46. The lowest BCUT2D eigenvalue weighted by Gasteiger charge is -2.10. The average Bonchev–Trinajstić information content (AvgIpc) is 2.49. The summed E-state index contributed by atoms with van der Waals surface area (Å²) in [5, 5.41) is 22.9. The van der Waals surface area contributed by atoms with Crippen molar-refractivity contribution in [1.29, 1.82) is 0 Å². The van der Waals surface area contributed by atoms with Crippen molar-refractivity contribution in [2.75, 3.05) is 5.32 Å².